The van der Waals surface area contributed by atoms with Crippen molar-refractivity contribution in [3.63, 3.8) is 0 Å². The lowest BCUT2D eigenvalue weighted by Gasteiger charge is -2.34. The van der Waals surface area contributed by atoms with Crippen molar-refractivity contribution >= 4 is 0 Å². The van der Waals surface area contributed by atoms with Crippen LogP contribution in [0.5, 0.6) is 23.0 Å². The highest BCUT2D eigenvalue weighted by atomic mass is 16.6. The van der Waals surface area contributed by atoms with Crippen molar-refractivity contribution in [3.8, 4) is 23.0 Å². The summed E-state index contributed by atoms with van der Waals surface area (Å²) in [5.41, 5.74) is 6.78. The number of piperazine rings is 1. The van der Waals surface area contributed by atoms with Crippen LogP contribution >= 0.6 is 0 Å². The number of nitrogens with zero attached hydrogens (tertiary/aromatic N) is 2. The van der Waals surface area contributed by atoms with E-state index in [1.165, 1.54) is 0 Å². The van der Waals surface area contributed by atoms with E-state index in [0.29, 0.717) is 30.5 Å². The predicted octanol–water partition coefficient (Wildman–Crippen LogP) is 2.63. The molecule has 1 aliphatic rings. The maximum Gasteiger partial charge on any atom is 0.203 e. The molecule has 0 atom stereocenters. The maximum absolute atomic E-state index is 5.96. The van der Waals surface area contributed by atoms with Crippen LogP contribution in [0.3, 0.4) is 0 Å². The van der Waals surface area contributed by atoms with E-state index in [9.17, 15) is 0 Å². The van der Waals surface area contributed by atoms with Gasteiger partial charge in [-0.15, -0.1) is 0 Å². The number of rotatable bonds is 12. The van der Waals surface area contributed by atoms with E-state index in [1.54, 1.807) is 14.2 Å². The van der Waals surface area contributed by atoms with Gasteiger partial charge < -0.3 is 29.6 Å². The van der Waals surface area contributed by atoms with Gasteiger partial charge in [-0.1, -0.05) is 18.2 Å². The van der Waals surface area contributed by atoms with E-state index in [1.807, 2.05) is 42.5 Å². The molecule has 7 heteroatoms. The van der Waals surface area contributed by atoms with Gasteiger partial charge >= 0.3 is 0 Å². The zero-order valence-electron chi connectivity index (χ0n) is 18.7. The van der Waals surface area contributed by atoms with Crippen molar-refractivity contribution in [3.05, 3.63) is 48.0 Å². The first-order valence-corrected chi connectivity index (χ1v) is 10.9. The minimum absolute atomic E-state index is 0.395. The van der Waals surface area contributed by atoms with Crippen molar-refractivity contribution < 1.29 is 18.9 Å². The van der Waals surface area contributed by atoms with E-state index in [4.69, 9.17) is 24.7 Å². The summed E-state index contributed by atoms with van der Waals surface area (Å²) in [6.45, 7) is 7.79. The topological polar surface area (TPSA) is 69.4 Å². The van der Waals surface area contributed by atoms with Crippen LogP contribution in [-0.2, 0) is 6.54 Å². The molecule has 2 N–H and O–H groups in total. The van der Waals surface area contributed by atoms with Crippen LogP contribution in [0.1, 0.15) is 12.0 Å². The SMILES string of the molecule is COc1cc(CN2CCN(CCCN)CC2)cc(OC)c1OCCOc1ccccc1. The van der Waals surface area contributed by atoms with Gasteiger partial charge in [0, 0.05) is 32.7 Å². The highest BCUT2D eigenvalue weighted by Crippen LogP contribution is 2.39. The third-order valence-electron chi connectivity index (χ3n) is 5.41. The minimum atomic E-state index is 0.395. The van der Waals surface area contributed by atoms with Crippen molar-refractivity contribution in [2.75, 3.05) is 66.7 Å². The smallest absolute Gasteiger partial charge is 0.203 e. The van der Waals surface area contributed by atoms with Crippen LogP contribution in [0.25, 0.3) is 0 Å². The van der Waals surface area contributed by atoms with Crippen LogP contribution < -0.4 is 24.7 Å². The molecule has 0 amide bonds. The Morgan fingerprint density at radius 2 is 1.45 bits per heavy atom. The van der Waals surface area contributed by atoms with Crippen molar-refractivity contribution in [2.24, 2.45) is 5.73 Å². The number of benzene rings is 2. The Hall–Kier alpha value is -2.48. The average molecular weight is 430 g/mol. The summed E-state index contributed by atoms with van der Waals surface area (Å²) in [5, 5.41) is 0. The lowest BCUT2D eigenvalue weighted by Crippen LogP contribution is -2.46. The Morgan fingerprint density at radius 3 is 2.06 bits per heavy atom. The van der Waals surface area contributed by atoms with Gasteiger partial charge in [0.15, 0.2) is 11.5 Å². The molecule has 170 valence electrons. The summed E-state index contributed by atoms with van der Waals surface area (Å²) in [6, 6.07) is 13.8. The number of hydrogen-bond acceptors (Lipinski definition) is 7. The third-order valence-corrected chi connectivity index (χ3v) is 5.41. The van der Waals surface area contributed by atoms with E-state index < -0.39 is 0 Å². The second-order valence-electron chi connectivity index (χ2n) is 7.60. The maximum atomic E-state index is 5.96. The highest BCUT2D eigenvalue weighted by Gasteiger charge is 2.19. The van der Waals surface area contributed by atoms with Gasteiger partial charge in [0.05, 0.1) is 14.2 Å². The fourth-order valence-corrected chi connectivity index (χ4v) is 3.73. The first-order chi connectivity index (χ1) is 15.2. The van der Waals surface area contributed by atoms with E-state index in [2.05, 4.69) is 9.80 Å². The van der Waals surface area contributed by atoms with E-state index in [-0.39, 0.29) is 0 Å². The second kappa shape index (κ2) is 12.4. The Bertz CT molecular complexity index is 755. The largest absolute Gasteiger partial charge is 0.493 e. The van der Waals surface area contributed by atoms with E-state index >= 15 is 0 Å². The molecule has 1 saturated heterocycles. The minimum Gasteiger partial charge on any atom is -0.493 e. The zero-order chi connectivity index (χ0) is 21.9. The summed E-state index contributed by atoms with van der Waals surface area (Å²) in [6.07, 6.45) is 1.06. The quantitative estimate of drug-likeness (QED) is 0.520. The Morgan fingerprint density at radius 1 is 0.839 bits per heavy atom. The number of ether oxygens (including phenoxy) is 4. The summed E-state index contributed by atoms with van der Waals surface area (Å²) in [7, 11) is 3.31. The van der Waals surface area contributed by atoms with Gasteiger partial charge in [0.25, 0.3) is 0 Å². The van der Waals surface area contributed by atoms with Crippen LogP contribution in [0.4, 0.5) is 0 Å². The summed E-state index contributed by atoms with van der Waals surface area (Å²) in [4.78, 5) is 4.94. The molecule has 0 aromatic heterocycles. The molecule has 0 unspecified atom stereocenters. The van der Waals surface area contributed by atoms with Crippen molar-refractivity contribution in [1.82, 2.24) is 9.80 Å². The molecule has 0 aliphatic carbocycles. The molecule has 1 heterocycles. The Labute approximate surface area is 185 Å². The fraction of sp³-hybridized carbons (Fsp3) is 0.500. The second-order valence-corrected chi connectivity index (χ2v) is 7.60. The van der Waals surface area contributed by atoms with Crippen molar-refractivity contribution in [2.45, 2.75) is 13.0 Å². The summed E-state index contributed by atoms with van der Waals surface area (Å²) < 4.78 is 22.9. The fourth-order valence-electron chi connectivity index (χ4n) is 3.73. The first kappa shape index (κ1) is 23.2. The van der Waals surface area contributed by atoms with Gasteiger partial charge in [-0.3, -0.25) is 4.90 Å². The van der Waals surface area contributed by atoms with Gasteiger partial charge in [-0.05, 0) is 49.3 Å². The zero-order valence-corrected chi connectivity index (χ0v) is 18.7. The van der Waals surface area contributed by atoms with Gasteiger partial charge in [0.2, 0.25) is 5.75 Å². The molecule has 0 saturated carbocycles. The molecular weight excluding hydrogens is 394 g/mol. The van der Waals surface area contributed by atoms with Gasteiger partial charge in [-0.25, -0.2) is 0 Å². The lowest BCUT2D eigenvalue weighted by atomic mass is 10.1. The number of nitrogens with two attached hydrogens (primary N) is 1. The molecule has 0 bridgehead atoms. The van der Waals surface area contributed by atoms with Crippen LogP contribution in [0.15, 0.2) is 42.5 Å². The molecule has 0 radical (unpaired) electrons. The number of para-hydroxylation sites is 1. The molecule has 1 aliphatic heterocycles. The third kappa shape index (κ3) is 7.02. The molecule has 7 nitrogen and oxygen atoms in total. The monoisotopic (exact) mass is 429 g/mol. The molecule has 1 fully saturated rings. The highest BCUT2D eigenvalue weighted by molar-refractivity contribution is 5.54. The van der Waals surface area contributed by atoms with Crippen molar-refractivity contribution in [1.29, 1.82) is 0 Å². The first-order valence-electron chi connectivity index (χ1n) is 10.9. The standard InChI is InChI=1S/C24H35N3O4/c1-28-22-17-20(19-27-13-11-26(12-14-27)10-6-9-25)18-23(29-2)24(22)31-16-15-30-21-7-4-3-5-8-21/h3-5,7-8,17-18H,6,9-16,19,25H2,1-2H3. The normalized spacial score (nSPS) is 14.9. The van der Waals surface area contributed by atoms with E-state index in [0.717, 1.165) is 63.5 Å². The molecule has 31 heavy (non-hydrogen) atoms. The lowest BCUT2D eigenvalue weighted by molar-refractivity contribution is 0.126. The molecule has 2 aromatic carbocycles. The predicted molar refractivity (Wildman–Crippen MR) is 122 cm³/mol. The average Bonchev–Trinajstić information content (AvgIpc) is 2.82. The summed E-state index contributed by atoms with van der Waals surface area (Å²) >= 11 is 0. The molecule has 0 spiro atoms. The number of hydrogen-bond donors (Lipinski definition) is 1. The van der Waals surface area contributed by atoms with Crippen LogP contribution in [0, 0.1) is 0 Å². The summed E-state index contributed by atoms with van der Waals surface area (Å²) in [5.74, 6) is 2.78. The Balaban J connectivity index is 1.56. The number of methoxy groups -OCH3 is 2. The van der Waals surface area contributed by atoms with Crippen LogP contribution in [0.2, 0.25) is 0 Å². The molecule has 3 rings (SSSR count). The van der Waals surface area contributed by atoms with Gasteiger partial charge in [0.1, 0.15) is 19.0 Å². The Kier molecular flexibility index (Phi) is 9.27. The molecule has 2 aromatic rings. The van der Waals surface area contributed by atoms with Crippen LogP contribution in [-0.4, -0.2) is 76.5 Å². The van der Waals surface area contributed by atoms with Gasteiger partial charge in [-0.2, -0.15) is 0 Å². The molecular formula is C24H35N3O4.